The minimum absolute atomic E-state index is 0.122. The van der Waals surface area contributed by atoms with Gasteiger partial charge in [0.05, 0.1) is 5.52 Å². The summed E-state index contributed by atoms with van der Waals surface area (Å²) in [6.45, 7) is 1.89. The van der Waals surface area contributed by atoms with E-state index < -0.39 is 12.0 Å². The molecule has 0 fully saturated rings. The summed E-state index contributed by atoms with van der Waals surface area (Å²) in [4.78, 5) is 10.7. The fraction of sp³-hybridized carbons (Fsp3) is 0.308. The number of carboxylic acids is 1. The highest BCUT2D eigenvalue weighted by molar-refractivity contribution is 5.85. The molecule has 0 spiro atoms. The maximum atomic E-state index is 14.0. The lowest BCUT2D eigenvalue weighted by Gasteiger charge is -2.08. The van der Waals surface area contributed by atoms with Crippen molar-refractivity contribution in [2.24, 2.45) is 12.8 Å². The molecule has 0 aliphatic carbocycles. The first-order valence-electron chi connectivity index (χ1n) is 5.62. The Kier molecular flexibility index (Phi) is 3.09. The molecule has 0 bridgehead atoms. The van der Waals surface area contributed by atoms with Gasteiger partial charge in [0.15, 0.2) is 0 Å². The molecular weight excluding hydrogens is 235 g/mol. The van der Waals surface area contributed by atoms with Crippen molar-refractivity contribution in [3.05, 3.63) is 35.3 Å². The molecule has 0 saturated heterocycles. The number of halogens is 1. The number of hydrogen-bond acceptors (Lipinski definition) is 2. The zero-order valence-electron chi connectivity index (χ0n) is 10.3. The lowest BCUT2D eigenvalue weighted by molar-refractivity contribution is -0.138. The van der Waals surface area contributed by atoms with Gasteiger partial charge in [-0.3, -0.25) is 4.79 Å². The molecule has 3 N–H and O–H groups in total. The van der Waals surface area contributed by atoms with E-state index in [-0.39, 0.29) is 12.2 Å². The van der Waals surface area contributed by atoms with Gasteiger partial charge in [0.1, 0.15) is 11.9 Å². The number of nitrogens with two attached hydrogens (primary N) is 1. The standard InChI is InChI=1S/C13H15FN2O2/c1-7-6-16(2)12-9(7)3-8(4-10(12)14)5-11(15)13(17)18/h3-4,6,11H,5,15H2,1-2H3,(H,17,18). The van der Waals surface area contributed by atoms with Gasteiger partial charge >= 0.3 is 5.97 Å². The fourth-order valence-corrected chi connectivity index (χ4v) is 2.20. The summed E-state index contributed by atoms with van der Waals surface area (Å²) in [5.74, 6) is -1.43. The molecule has 96 valence electrons. The van der Waals surface area contributed by atoms with Crippen LogP contribution in [0.15, 0.2) is 18.3 Å². The number of hydrogen-bond donors (Lipinski definition) is 2. The second-order valence-electron chi connectivity index (χ2n) is 4.55. The molecule has 5 heteroatoms. The highest BCUT2D eigenvalue weighted by atomic mass is 19.1. The summed E-state index contributed by atoms with van der Waals surface area (Å²) in [6, 6.07) is 2.15. The van der Waals surface area contributed by atoms with Crippen LogP contribution in [-0.4, -0.2) is 21.7 Å². The lowest BCUT2D eigenvalue weighted by Crippen LogP contribution is -2.32. The van der Waals surface area contributed by atoms with Crippen molar-refractivity contribution in [2.75, 3.05) is 0 Å². The molecule has 18 heavy (non-hydrogen) atoms. The molecule has 1 unspecified atom stereocenters. The summed E-state index contributed by atoms with van der Waals surface area (Å²) in [5.41, 5.74) is 7.54. The Balaban J connectivity index is 2.49. The summed E-state index contributed by atoms with van der Waals surface area (Å²) in [7, 11) is 1.78. The minimum Gasteiger partial charge on any atom is -0.480 e. The molecule has 4 nitrogen and oxygen atoms in total. The summed E-state index contributed by atoms with van der Waals surface area (Å²) in [6.07, 6.45) is 1.96. The van der Waals surface area contributed by atoms with E-state index in [0.29, 0.717) is 11.1 Å². The van der Waals surface area contributed by atoms with Crippen LogP contribution in [0, 0.1) is 12.7 Å². The predicted molar refractivity (Wildman–Crippen MR) is 66.9 cm³/mol. The van der Waals surface area contributed by atoms with E-state index in [1.807, 2.05) is 13.1 Å². The first-order valence-corrected chi connectivity index (χ1v) is 5.62. The molecule has 1 aromatic heterocycles. The molecule has 0 aliphatic heterocycles. The van der Waals surface area contributed by atoms with Crippen LogP contribution in [0.1, 0.15) is 11.1 Å². The van der Waals surface area contributed by atoms with E-state index in [1.54, 1.807) is 17.7 Å². The van der Waals surface area contributed by atoms with Gasteiger partial charge in [0, 0.05) is 18.6 Å². The number of carboxylic acid groups (broad SMARTS) is 1. The number of nitrogens with zero attached hydrogens (tertiary/aromatic N) is 1. The van der Waals surface area contributed by atoms with Crippen molar-refractivity contribution in [3.63, 3.8) is 0 Å². The zero-order chi connectivity index (χ0) is 13.4. The molecule has 0 aliphatic rings. The van der Waals surface area contributed by atoms with Crippen LogP contribution in [0.25, 0.3) is 10.9 Å². The third-order valence-corrected chi connectivity index (χ3v) is 3.06. The van der Waals surface area contributed by atoms with Crippen LogP contribution in [0.3, 0.4) is 0 Å². The van der Waals surface area contributed by atoms with Crippen molar-refractivity contribution in [3.8, 4) is 0 Å². The highest BCUT2D eigenvalue weighted by Crippen LogP contribution is 2.25. The molecule has 1 heterocycles. The molecule has 0 amide bonds. The Hall–Kier alpha value is -1.88. The monoisotopic (exact) mass is 250 g/mol. The van der Waals surface area contributed by atoms with Gasteiger partial charge in [-0.1, -0.05) is 0 Å². The number of aliphatic carboxylic acids is 1. The van der Waals surface area contributed by atoms with E-state index in [2.05, 4.69) is 0 Å². The van der Waals surface area contributed by atoms with Crippen molar-refractivity contribution >= 4 is 16.9 Å². The average Bonchev–Trinajstić information content (AvgIpc) is 2.54. The lowest BCUT2D eigenvalue weighted by atomic mass is 10.0. The highest BCUT2D eigenvalue weighted by Gasteiger charge is 2.15. The maximum absolute atomic E-state index is 14.0. The SMILES string of the molecule is Cc1cn(C)c2c(F)cc(CC(N)C(=O)O)cc12. The van der Waals surface area contributed by atoms with Gasteiger partial charge < -0.3 is 15.4 Å². The number of benzene rings is 1. The molecule has 1 aromatic carbocycles. The van der Waals surface area contributed by atoms with Gasteiger partial charge in [-0.05, 0) is 36.6 Å². The van der Waals surface area contributed by atoms with Crippen molar-refractivity contribution in [1.82, 2.24) is 4.57 Å². The predicted octanol–water partition coefficient (Wildman–Crippen LogP) is 1.58. The van der Waals surface area contributed by atoms with Gasteiger partial charge in [0.25, 0.3) is 0 Å². The van der Waals surface area contributed by atoms with E-state index in [1.165, 1.54) is 6.07 Å². The third kappa shape index (κ3) is 2.09. The molecule has 0 radical (unpaired) electrons. The van der Waals surface area contributed by atoms with Crippen LogP contribution in [0.4, 0.5) is 4.39 Å². The molecule has 2 aromatic rings. The van der Waals surface area contributed by atoms with E-state index in [9.17, 15) is 9.18 Å². The largest absolute Gasteiger partial charge is 0.480 e. The van der Waals surface area contributed by atoms with E-state index in [4.69, 9.17) is 10.8 Å². The van der Waals surface area contributed by atoms with Crippen LogP contribution >= 0.6 is 0 Å². The summed E-state index contributed by atoms with van der Waals surface area (Å²) >= 11 is 0. The smallest absolute Gasteiger partial charge is 0.320 e. The first-order chi connectivity index (χ1) is 8.40. The Bertz CT molecular complexity index is 619. The average molecular weight is 250 g/mol. The first kappa shape index (κ1) is 12.6. The molecule has 2 rings (SSSR count). The van der Waals surface area contributed by atoms with E-state index >= 15 is 0 Å². The summed E-state index contributed by atoms with van der Waals surface area (Å²) < 4.78 is 15.7. The number of aryl methyl sites for hydroxylation is 2. The van der Waals surface area contributed by atoms with Gasteiger partial charge in [-0.2, -0.15) is 0 Å². The molecule has 0 saturated carbocycles. The fourth-order valence-electron chi connectivity index (χ4n) is 2.20. The quantitative estimate of drug-likeness (QED) is 0.869. The molecular formula is C13H15FN2O2. The zero-order valence-corrected chi connectivity index (χ0v) is 10.3. The topological polar surface area (TPSA) is 68.2 Å². The van der Waals surface area contributed by atoms with Crippen LogP contribution in [0.2, 0.25) is 0 Å². The van der Waals surface area contributed by atoms with Gasteiger partial charge in [0.2, 0.25) is 0 Å². The number of rotatable bonds is 3. The Morgan fingerprint density at radius 1 is 1.56 bits per heavy atom. The second kappa shape index (κ2) is 4.42. The minimum atomic E-state index is -1.08. The molecule has 1 atom stereocenters. The van der Waals surface area contributed by atoms with Gasteiger partial charge in [-0.15, -0.1) is 0 Å². The number of aromatic nitrogens is 1. The maximum Gasteiger partial charge on any atom is 0.320 e. The Morgan fingerprint density at radius 2 is 2.22 bits per heavy atom. The van der Waals surface area contributed by atoms with Crippen molar-refractivity contribution in [2.45, 2.75) is 19.4 Å². The summed E-state index contributed by atoms with van der Waals surface area (Å²) in [5, 5.41) is 9.56. The van der Waals surface area contributed by atoms with Crippen LogP contribution in [0.5, 0.6) is 0 Å². The Morgan fingerprint density at radius 3 is 2.83 bits per heavy atom. The number of fused-ring (bicyclic) bond motifs is 1. The number of carbonyl (C=O) groups is 1. The third-order valence-electron chi connectivity index (χ3n) is 3.06. The normalized spacial score (nSPS) is 12.9. The van der Waals surface area contributed by atoms with Crippen molar-refractivity contribution < 1.29 is 14.3 Å². The van der Waals surface area contributed by atoms with Crippen LogP contribution in [-0.2, 0) is 18.3 Å². The Labute approximate surface area is 104 Å². The van der Waals surface area contributed by atoms with E-state index in [0.717, 1.165) is 10.9 Å². The van der Waals surface area contributed by atoms with Crippen molar-refractivity contribution in [1.29, 1.82) is 0 Å². The van der Waals surface area contributed by atoms with Crippen LogP contribution < -0.4 is 5.73 Å². The second-order valence-corrected chi connectivity index (χ2v) is 4.55. The van der Waals surface area contributed by atoms with Gasteiger partial charge in [-0.25, -0.2) is 4.39 Å².